The zero-order chi connectivity index (χ0) is 12.3. The second-order valence-corrected chi connectivity index (χ2v) is 5.28. The normalized spacial score (nSPS) is 24.5. The molecule has 0 radical (unpaired) electrons. The molecule has 1 amide bonds. The van der Waals surface area contributed by atoms with Crippen LogP contribution in [0.5, 0.6) is 0 Å². The summed E-state index contributed by atoms with van der Waals surface area (Å²) >= 11 is 0. The molecule has 0 spiro atoms. The summed E-state index contributed by atoms with van der Waals surface area (Å²) in [6, 6.07) is -0.0340. The first-order valence-electron chi connectivity index (χ1n) is 6.14. The number of rotatable bonds is 3. The Kier molecular flexibility index (Phi) is 4.74. The van der Waals surface area contributed by atoms with Crippen molar-refractivity contribution in [2.75, 3.05) is 27.2 Å². The lowest BCUT2D eigenvalue weighted by atomic mass is 10.0. The van der Waals surface area contributed by atoms with Crippen LogP contribution >= 0.6 is 0 Å². The summed E-state index contributed by atoms with van der Waals surface area (Å²) in [5.41, 5.74) is 5.90. The summed E-state index contributed by atoms with van der Waals surface area (Å²) in [7, 11) is 3.99. The van der Waals surface area contributed by atoms with Gasteiger partial charge in [0, 0.05) is 19.6 Å². The van der Waals surface area contributed by atoms with E-state index in [9.17, 15) is 4.79 Å². The fraction of sp³-hybridized carbons (Fsp3) is 0.917. The number of carbonyl (C=O) groups excluding carboxylic acids is 1. The van der Waals surface area contributed by atoms with E-state index in [1.54, 1.807) is 0 Å². The molecule has 4 nitrogen and oxygen atoms in total. The van der Waals surface area contributed by atoms with Gasteiger partial charge in [-0.15, -0.1) is 0 Å². The van der Waals surface area contributed by atoms with Crippen LogP contribution in [0.2, 0.25) is 0 Å². The lowest BCUT2D eigenvalue weighted by molar-refractivity contribution is -0.135. The fourth-order valence-electron chi connectivity index (χ4n) is 2.16. The minimum atomic E-state index is -0.364. The van der Waals surface area contributed by atoms with Crippen LogP contribution in [0, 0.1) is 5.92 Å². The third-order valence-corrected chi connectivity index (χ3v) is 3.50. The van der Waals surface area contributed by atoms with Gasteiger partial charge in [0.25, 0.3) is 0 Å². The predicted molar refractivity (Wildman–Crippen MR) is 66.1 cm³/mol. The van der Waals surface area contributed by atoms with Crippen molar-refractivity contribution in [3.05, 3.63) is 0 Å². The van der Waals surface area contributed by atoms with Gasteiger partial charge in [-0.1, -0.05) is 13.8 Å². The Morgan fingerprint density at radius 2 is 2.12 bits per heavy atom. The van der Waals surface area contributed by atoms with Crippen molar-refractivity contribution in [1.29, 1.82) is 0 Å². The molecule has 0 aromatic heterocycles. The molecular formula is C12H25N3O. The van der Waals surface area contributed by atoms with E-state index in [1.807, 2.05) is 25.8 Å². The zero-order valence-corrected chi connectivity index (χ0v) is 10.9. The Bertz CT molecular complexity index is 242. The van der Waals surface area contributed by atoms with Crippen LogP contribution in [-0.4, -0.2) is 55.0 Å². The van der Waals surface area contributed by atoms with Gasteiger partial charge in [-0.25, -0.2) is 0 Å². The number of nitrogens with two attached hydrogens (primary N) is 1. The number of amides is 1. The van der Waals surface area contributed by atoms with Crippen LogP contribution in [0.3, 0.4) is 0 Å². The lowest BCUT2D eigenvalue weighted by Gasteiger charge is -2.37. The Morgan fingerprint density at radius 1 is 1.50 bits per heavy atom. The van der Waals surface area contributed by atoms with Gasteiger partial charge in [0.15, 0.2) is 0 Å². The van der Waals surface area contributed by atoms with Crippen LogP contribution in [-0.2, 0) is 4.79 Å². The average molecular weight is 227 g/mol. The topological polar surface area (TPSA) is 49.6 Å². The first-order valence-corrected chi connectivity index (χ1v) is 6.14. The number of likely N-dealkylation sites (tertiary alicyclic amines) is 1. The van der Waals surface area contributed by atoms with Gasteiger partial charge in [0.05, 0.1) is 6.04 Å². The number of nitrogens with zero attached hydrogens (tertiary/aromatic N) is 2. The van der Waals surface area contributed by atoms with Crippen molar-refractivity contribution in [3.8, 4) is 0 Å². The molecule has 1 aliphatic rings. The van der Waals surface area contributed by atoms with Crippen LogP contribution in [0.15, 0.2) is 0 Å². The molecule has 0 aliphatic carbocycles. The number of piperidine rings is 1. The molecule has 1 unspecified atom stereocenters. The van der Waals surface area contributed by atoms with Crippen molar-refractivity contribution in [2.45, 2.75) is 38.8 Å². The van der Waals surface area contributed by atoms with Crippen molar-refractivity contribution in [2.24, 2.45) is 11.7 Å². The average Bonchev–Trinajstić information content (AvgIpc) is 2.26. The molecule has 1 aliphatic heterocycles. The smallest absolute Gasteiger partial charge is 0.239 e. The SMILES string of the molecule is CC(C)[C@@H](N)C(=O)N(C)C1CCCN(C)C1. The van der Waals surface area contributed by atoms with Crippen molar-refractivity contribution in [1.82, 2.24) is 9.80 Å². The highest BCUT2D eigenvalue weighted by Crippen LogP contribution is 2.15. The molecule has 0 bridgehead atoms. The molecule has 16 heavy (non-hydrogen) atoms. The monoisotopic (exact) mass is 227 g/mol. The molecule has 4 heteroatoms. The molecule has 1 rings (SSSR count). The van der Waals surface area contributed by atoms with Gasteiger partial charge in [0.1, 0.15) is 0 Å². The maximum atomic E-state index is 12.1. The third-order valence-electron chi connectivity index (χ3n) is 3.50. The Hall–Kier alpha value is -0.610. The summed E-state index contributed by atoms with van der Waals surface area (Å²) in [5.74, 6) is 0.284. The lowest BCUT2D eigenvalue weighted by Crippen LogP contribution is -2.53. The summed E-state index contributed by atoms with van der Waals surface area (Å²) in [4.78, 5) is 16.2. The van der Waals surface area contributed by atoms with E-state index in [-0.39, 0.29) is 17.9 Å². The first-order chi connectivity index (χ1) is 7.43. The Morgan fingerprint density at radius 3 is 2.62 bits per heavy atom. The zero-order valence-electron chi connectivity index (χ0n) is 10.9. The molecular weight excluding hydrogens is 202 g/mol. The summed E-state index contributed by atoms with van der Waals surface area (Å²) in [6.45, 7) is 6.08. The second kappa shape index (κ2) is 5.64. The minimum Gasteiger partial charge on any atom is -0.340 e. The highest BCUT2D eigenvalue weighted by molar-refractivity contribution is 5.82. The van der Waals surface area contributed by atoms with E-state index in [0.29, 0.717) is 6.04 Å². The quantitative estimate of drug-likeness (QED) is 0.765. The van der Waals surface area contributed by atoms with Gasteiger partial charge in [0.2, 0.25) is 5.91 Å². The largest absolute Gasteiger partial charge is 0.340 e. The first kappa shape index (κ1) is 13.5. The number of carbonyl (C=O) groups is 1. The van der Waals surface area contributed by atoms with E-state index in [0.717, 1.165) is 25.9 Å². The summed E-state index contributed by atoms with van der Waals surface area (Å²) < 4.78 is 0. The van der Waals surface area contributed by atoms with Gasteiger partial charge in [-0.2, -0.15) is 0 Å². The maximum absolute atomic E-state index is 12.1. The van der Waals surface area contributed by atoms with Crippen molar-refractivity contribution >= 4 is 5.91 Å². The number of hydrogen-bond acceptors (Lipinski definition) is 3. The molecule has 1 saturated heterocycles. The van der Waals surface area contributed by atoms with Crippen LogP contribution in [0.25, 0.3) is 0 Å². The number of likely N-dealkylation sites (N-methyl/N-ethyl adjacent to an activating group) is 2. The van der Waals surface area contributed by atoms with Crippen LogP contribution in [0.4, 0.5) is 0 Å². The highest BCUT2D eigenvalue weighted by Gasteiger charge is 2.28. The predicted octanol–water partition coefficient (Wildman–Crippen LogP) is 0.522. The molecule has 1 heterocycles. The molecule has 2 atom stereocenters. The fourth-order valence-corrected chi connectivity index (χ4v) is 2.16. The Balaban J connectivity index is 2.55. The third kappa shape index (κ3) is 3.19. The second-order valence-electron chi connectivity index (χ2n) is 5.28. The van der Waals surface area contributed by atoms with Gasteiger partial charge >= 0.3 is 0 Å². The molecule has 0 saturated carbocycles. The van der Waals surface area contributed by atoms with Crippen molar-refractivity contribution < 1.29 is 4.79 Å². The number of hydrogen-bond donors (Lipinski definition) is 1. The maximum Gasteiger partial charge on any atom is 0.239 e. The highest BCUT2D eigenvalue weighted by atomic mass is 16.2. The molecule has 94 valence electrons. The van der Waals surface area contributed by atoms with E-state index >= 15 is 0 Å². The van der Waals surface area contributed by atoms with Crippen molar-refractivity contribution in [3.63, 3.8) is 0 Å². The summed E-state index contributed by atoms with van der Waals surface area (Å²) in [6.07, 6.45) is 2.26. The van der Waals surface area contributed by atoms with E-state index in [2.05, 4.69) is 11.9 Å². The molecule has 1 fully saturated rings. The standard InChI is InChI=1S/C12H25N3O/c1-9(2)11(13)12(16)15(4)10-6-5-7-14(3)8-10/h9-11H,5-8,13H2,1-4H3/t10?,11-/m1/s1. The Labute approximate surface area is 98.8 Å². The van der Waals surface area contributed by atoms with Crippen LogP contribution < -0.4 is 5.73 Å². The van der Waals surface area contributed by atoms with E-state index in [1.165, 1.54) is 0 Å². The molecule has 0 aromatic rings. The molecule has 0 aromatic carbocycles. The molecule has 2 N–H and O–H groups in total. The summed E-state index contributed by atoms with van der Waals surface area (Å²) in [5, 5.41) is 0. The van der Waals surface area contributed by atoms with Gasteiger partial charge in [-0.05, 0) is 32.4 Å². The van der Waals surface area contributed by atoms with Gasteiger partial charge < -0.3 is 15.5 Å². The van der Waals surface area contributed by atoms with Crippen LogP contribution in [0.1, 0.15) is 26.7 Å². The minimum absolute atomic E-state index is 0.0790. The van der Waals surface area contributed by atoms with E-state index in [4.69, 9.17) is 5.73 Å². The van der Waals surface area contributed by atoms with E-state index < -0.39 is 0 Å². The van der Waals surface area contributed by atoms with Gasteiger partial charge in [-0.3, -0.25) is 4.79 Å².